The molecule has 27 heavy (non-hydrogen) atoms. The highest BCUT2D eigenvalue weighted by atomic mass is 32.2. The van der Waals surface area contributed by atoms with E-state index in [0.717, 1.165) is 18.4 Å². The summed E-state index contributed by atoms with van der Waals surface area (Å²) in [6.45, 7) is 1.39. The predicted octanol–water partition coefficient (Wildman–Crippen LogP) is 2.59. The molecule has 2 N–H and O–H groups in total. The third kappa shape index (κ3) is 4.61. The first kappa shape index (κ1) is 19.3. The van der Waals surface area contributed by atoms with Crippen LogP contribution in [0.2, 0.25) is 0 Å². The lowest BCUT2D eigenvalue weighted by Crippen LogP contribution is -2.31. The van der Waals surface area contributed by atoms with Gasteiger partial charge >= 0.3 is 0 Å². The number of aryl methyl sites for hydroxylation is 1. The third-order valence-corrected chi connectivity index (χ3v) is 5.91. The Kier molecular flexibility index (Phi) is 5.43. The minimum Gasteiger partial charge on any atom is -0.392 e. The van der Waals surface area contributed by atoms with Gasteiger partial charge in [-0.2, -0.15) is 0 Å². The lowest BCUT2D eigenvalue weighted by molar-refractivity contribution is 0.0968. The number of ketones is 1. The highest BCUT2D eigenvalue weighted by Gasteiger charge is 2.25. The largest absolute Gasteiger partial charge is 0.392 e. The highest BCUT2D eigenvalue weighted by Crippen LogP contribution is 2.33. The second-order valence-corrected chi connectivity index (χ2v) is 8.53. The van der Waals surface area contributed by atoms with Gasteiger partial charge in [-0.05, 0) is 49.4 Å². The number of sulfonamides is 1. The van der Waals surface area contributed by atoms with Crippen molar-refractivity contribution in [3.05, 3.63) is 64.7 Å². The average Bonchev–Trinajstić information content (AvgIpc) is 3.45. The number of carbonyl (C=O) groups is 2. The fourth-order valence-electron chi connectivity index (χ4n) is 2.80. The van der Waals surface area contributed by atoms with Crippen molar-refractivity contribution in [3.63, 3.8) is 0 Å². The zero-order chi connectivity index (χ0) is 19.6. The van der Waals surface area contributed by atoms with Crippen LogP contribution in [0.5, 0.6) is 0 Å². The van der Waals surface area contributed by atoms with Crippen molar-refractivity contribution in [1.29, 1.82) is 0 Å². The van der Waals surface area contributed by atoms with Crippen LogP contribution in [0.25, 0.3) is 0 Å². The Morgan fingerprint density at radius 3 is 2.37 bits per heavy atom. The number of nitrogens with one attached hydrogen (secondary N) is 1. The Hall–Kier alpha value is -2.51. The van der Waals surface area contributed by atoms with E-state index in [4.69, 9.17) is 0 Å². The fourth-order valence-corrected chi connectivity index (χ4v) is 3.76. The van der Waals surface area contributed by atoms with Gasteiger partial charge in [0.25, 0.3) is 15.9 Å². The number of Topliss-reactive ketones (excluding diaryl/α,β-unsaturated/α-hetero) is 1. The quantitative estimate of drug-likeness (QED) is 0.711. The van der Waals surface area contributed by atoms with E-state index < -0.39 is 15.9 Å². The molecule has 0 radical (unpaired) electrons. The fraction of sp³-hybridized carbons (Fsp3) is 0.300. The molecule has 0 atom stereocenters. The van der Waals surface area contributed by atoms with Crippen LogP contribution in [0, 0.1) is 12.8 Å². The number of hydrogen-bond acceptors (Lipinski definition) is 5. The van der Waals surface area contributed by atoms with Crippen LogP contribution in [-0.2, 0) is 16.6 Å². The molecule has 0 saturated heterocycles. The molecule has 6 nitrogen and oxygen atoms in total. The number of aliphatic hydroxyl groups excluding tert-OH is 1. The zero-order valence-electron chi connectivity index (χ0n) is 14.9. The monoisotopic (exact) mass is 387 g/mol. The van der Waals surface area contributed by atoms with E-state index in [1.807, 2.05) is 4.72 Å². The second kappa shape index (κ2) is 7.62. The van der Waals surface area contributed by atoms with Crippen molar-refractivity contribution in [2.24, 2.45) is 5.92 Å². The summed E-state index contributed by atoms with van der Waals surface area (Å²) in [5.74, 6) is -0.357. The maximum atomic E-state index is 12.5. The lowest BCUT2D eigenvalue weighted by Gasteiger charge is -2.11. The molecule has 0 aliphatic heterocycles. The van der Waals surface area contributed by atoms with Gasteiger partial charge in [0.05, 0.1) is 11.5 Å². The Morgan fingerprint density at radius 2 is 1.78 bits per heavy atom. The predicted molar refractivity (Wildman–Crippen MR) is 99.9 cm³/mol. The van der Waals surface area contributed by atoms with Crippen LogP contribution in [0.15, 0.2) is 47.4 Å². The van der Waals surface area contributed by atoms with Crippen molar-refractivity contribution in [2.45, 2.75) is 37.7 Å². The van der Waals surface area contributed by atoms with Crippen LogP contribution >= 0.6 is 0 Å². The Bertz CT molecular complexity index is 976. The van der Waals surface area contributed by atoms with Gasteiger partial charge in [-0.3, -0.25) is 9.59 Å². The van der Waals surface area contributed by atoms with Gasteiger partial charge in [0.15, 0.2) is 5.78 Å². The first-order chi connectivity index (χ1) is 12.8. The summed E-state index contributed by atoms with van der Waals surface area (Å²) in [6, 6.07) is 10.4. The number of aliphatic hydroxyl groups is 1. The number of benzene rings is 2. The van der Waals surface area contributed by atoms with Gasteiger partial charge in [0, 0.05) is 17.5 Å². The van der Waals surface area contributed by atoms with E-state index in [9.17, 15) is 23.1 Å². The molecule has 2 aromatic carbocycles. The Morgan fingerprint density at radius 1 is 1.11 bits per heavy atom. The maximum absolute atomic E-state index is 12.5. The zero-order valence-corrected chi connectivity index (χ0v) is 15.8. The summed E-state index contributed by atoms with van der Waals surface area (Å²) in [4.78, 5) is 24.4. The van der Waals surface area contributed by atoms with Crippen LogP contribution < -0.4 is 4.72 Å². The molecule has 0 spiro atoms. The minimum absolute atomic E-state index is 0.00201. The van der Waals surface area contributed by atoms with Crippen LogP contribution in [0.1, 0.15) is 51.1 Å². The Labute approximate surface area is 158 Å². The average molecular weight is 387 g/mol. The van der Waals surface area contributed by atoms with Gasteiger partial charge in [0.2, 0.25) is 0 Å². The summed E-state index contributed by atoms with van der Waals surface area (Å²) in [5.41, 5.74) is 1.69. The van der Waals surface area contributed by atoms with Crippen molar-refractivity contribution < 1.29 is 23.1 Å². The van der Waals surface area contributed by atoms with Crippen molar-refractivity contribution in [1.82, 2.24) is 4.72 Å². The van der Waals surface area contributed by atoms with Crippen molar-refractivity contribution >= 4 is 21.7 Å². The molecule has 7 heteroatoms. The highest BCUT2D eigenvalue weighted by molar-refractivity contribution is 7.90. The molecule has 1 saturated carbocycles. The summed E-state index contributed by atoms with van der Waals surface area (Å²) < 4.78 is 27.0. The van der Waals surface area contributed by atoms with Gasteiger partial charge in [0.1, 0.15) is 0 Å². The molecule has 1 aliphatic carbocycles. The lowest BCUT2D eigenvalue weighted by atomic mass is 10.0. The normalized spacial score (nSPS) is 14.0. The van der Waals surface area contributed by atoms with Crippen LogP contribution in [-0.4, -0.2) is 25.2 Å². The number of hydrogen-bond donors (Lipinski definition) is 2. The van der Waals surface area contributed by atoms with Gasteiger partial charge in [-0.1, -0.05) is 29.8 Å². The molecule has 0 heterocycles. The third-order valence-electron chi connectivity index (χ3n) is 4.56. The molecule has 1 fully saturated rings. The molecule has 3 rings (SSSR count). The minimum atomic E-state index is -4.09. The van der Waals surface area contributed by atoms with E-state index in [0.29, 0.717) is 23.5 Å². The van der Waals surface area contributed by atoms with E-state index in [-0.39, 0.29) is 22.8 Å². The first-order valence-electron chi connectivity index (χ1n) is 8.71. The van der Waals surface area contributed by atoms with Crippen molar-refractivity contribution in [3.8, 4) is 0 Å². The summed E-state index contributed by atoms with van der Waals surface area (Å²) in [6.07, 6.45) is 2.62. The van der Waals surface area contributed by atoms with E-state index >= 15 is 0 Å². The summed E-state index contributed by atoms with van der Waals surface area (Å²) in [5, 5.41) is 9.36. The first-order valence-corrected chi connectivity index (χ1v) is 10.2. The standard InChI is InChI=1S/C20H21NO5S/c1-13-2-5-16(12-22)18(10-13)20(24)21-27(25,26)17-8-6-15(7-9-17)19(23)11-14-3-4-14/h2,5-10,14,22H,3-4,11-12H2,1H3,(H,21,24). The molecule has 0 unspecified atom stereocenters. The number of carbonyl (C=O) groups excluding carboxylic acids is 2. The van der Waals surface area contributed by atoms with Crippen LogP contribution in [0.3, 0.4) is 0 Å². The molecule has 1 amide bonds. The van der Waals surface area contributed by atoms with E-state index in [1.54, 1.807) is 19.1 Å². The van der Waals surface area contributed by atoms with Crippen LogP contribution in [0.4, 0.5) is 0 Å². The van der Waals surface area contributed by atoms with Gasteiger partial charge in [-0.25, -0.2) is 13.1 Å². The molecule has 0 bridgehead atoms. The van der Waals surface area contributed by atoms with Gasteiger partial charge < -0.3 is 5.11 Å². The number of rotatable bonds is 7. The molecule has 2 aromatic rings. The molecule has 0 aromatic heterocycles. The summed E-state index contributed by atoms with van der Waals surface area (Å²) >= 11 is 0. The molecular formula is C20H21NO5S. The van der Waals surface area contributed by atoms with E-state index in [2.05, 4.69) is 0 Å². The summed E-state index contributed by atoms with van der Waals surface area (Å²) in [7, 11) is -4.09. The topological polar surface area (TPSA) is 101 Å². The molecule has 142 valence electrons. The van der Waals surface area contributed by atoms with Gasteiger partial charge in [-0.15, -0.1) is 0 Å². The smallest absolute Gasteiger partial charge is 0.265 e. The maximum Gasteiger partial charge on any atom is 0.265 e. The second-order valence-electron chi connectivity index (χ2n) is 6.85. The molecular weight excluding hydrogens is 366 g/mol. The SMILES string of the molecule is Cc1ccc(CO)c(C(=O)NS(=O)(=O)c2ccc(C(=O)CC3CC3)cc2)c1. The Balaban J connectivity index is 1.77. The molecule has 1 aliphatic rings. The number of amides is 1. The van der Waals surface area contributed by atoms with E-state index in [1.165, 1.54) is 30.3 Å². The van der Waals surface area contributed by atoms with Crippen molar-refractivity contribution in [2.75, 3.05) is 0 Å².